The molecule has 3 heterocycles. The topological polar surface area (TPSA) is 91.2 Å². The maximum Gasteiger partial charge on any atom is 0.416 e. The third-order valence-electron chi connectivity index (χ3n) is 4.79. The fourth-order valence-corrected chi connectivity index (χ4v) is 3.11. The molecule has 1 atom stereocenters. The van der Waals surface area contributed by atoms with Crippen molar-refractivity contribution in [2.45, 2.75) is 12.3 Å². The zero-order chi connectivity index (χ0) is 22.9. The maximum absolute atomic E-state index is 14.5. The lowest BCUT2D eigenvalue weighted by Crippen LogP contribution is -2.05. The van der Waals surface area contributed by atoms with Crippen molar-refractivity contribution >= 4 is 22.3 Å². The largest absolute Gasteiger partial charge is 0.416 e. The van der Waals surface area contributed by atoms with Crippen molar-refractivity contribution in [3.8, 4) is 11.4 Å². The van der Waals surface area contributed by atoms with Gasteiger partial charge in [0.15, 0.2) is 5.82 Å². The number of aromatic nitrogens is 3. The summed E-state index contributed by atoms with van der Waals surface area (Å²) in [5.41, 5.74) is 0.00319. The van der Waals surface area contributed by atoms with Gasteiger partial charge >= 0.3 is 6.18 Å². The fourth-order valence-electron chi connectivity index (χ4n) is 3.11. The third-order valence-corrected chi connectivity index (χ3v) is 4.79. The molecule has 0 amide bonds. The number of halogens is 4. The number of aliphatic hydroxyl groups is 2. The minimum Gasteiger partial charge on any atom is -0.393 e. The average molecular weight is 444 g/mol. The van der Waals surface area contributed by atoms with Crippen LogP contribution in [0.5, 0.6) is 0 Å². The van der Waals surface area contributed by atoms with Crippen LogP contribution in [-0.2, 0) is 6.18 Å². The van der Waals surface area contributed by atoms with Gasteiger partial charge in [-0.05, 0) is 47.9 Å². The van der Waals surface area contributed by atoms with Crippen molar-refractivity contribution in [2.24, 2.45) is 0 Å². The summed E-state index contributed by atoms with van der Waals surface area (Å²) in [4.78, 5) is 12.5. The predicted octanol–water partition coefficient (Wildman–Crippen LogP) is 4.62. The molecule has 4 rings (SSSR count). The van der Waals surface area contributed by atoms with E-state index in [9.17, 15) is 22.7 Å². The van der Waals surface area contributed by atoms with Crippen LogP contribution in [0.15, 0.2) is 61.1 Å². The smallest absolute Gasteiger partial charge is 0.393 e. The summed E-state index contributed by atoms with van der Waals surface area (Å²) in [7, 11) is 0. The first-order chi connectivity index (χ1) is 15.3. The molecule has 0 saturated heterocycles. The normalized spacial score (nSPS) is 12.7. The van der Waals surface area contributed by atoms with Crippen LogP contribution in [0.25, 0.3) is 22.2 Å². The van der Waals surface area contributed by atoms with Crippen LogP contribution in [0, 0.1) is 5.82 Å². The van der Waals surface area contributed by atoms with E-state index in [1.165, 1.54) is 30.7 Å². The van der Waals surface area contributed by atoms with E-state index in [0.29, 0.717) is 22.3 Å². The molecule has 0 aliphatic carbocycles. The SMILES string of the molecule is OC[C@@H](O)c1cnc(-c2cc3ccnc(Nc4ccc(C(F)(F)F)cc4)c3cn2)c(F)c1. The van der Waals surface area contributed by atoms with Gasteiger partial charge in [0.1, 0.15) is 17.6 Å². The molecule has 4 aromatic rings. The minimum atomic E-state index is -4.42. The average Bonchev–Trinajstić information content (AvgIpc) is 2.78. The molecule has 0 bridgehead atoms. The van der Waals surface area contributed by atoms with E-state index in [0.717, 1.165) is 18.2 Å². The van der Waals surface area contributed by atoms with E-state index in [2.05, 4.69) is 20.3 Å². The van der Waals surface area contributed by atoms with Gasteiger partial charge in [0.05, 0.1) is 17.9 Å². The summed E-state index contributed by atoms with van der Waals surface area (Å²) in [6, 6.07) is 8.90. The quantitative estimate of drug-likeness (QED) is 0.389. The number of fused-ring (bicyclic) bond motifs is 1. The number of nitrogens with zero attached hydrogens (tertiary/aromatic N) is 3. The number of nitrogens with one attached hydrogen (secondary N) is 1. The van der Waals surface area contributed by atoms with Crippen molar-refractivity contribution < 1.29 is 27.8 Å². The monoisotopic (exact) mass is 444 g/mol. The van der Waals surface area contributed by atoms with E-state index >= 15 is 0 Å². The number of rotatable bonds is 5. The minimum absolute atomic E-state index is 0.0325. The third kappa shape index (κ3) is 4.36. The molecule has 0 radical (unpaired) electrons. The summed E-state index contributed by atoms with van der Waals surface area (Å²) in [6.45, 7) is -0.559. The number of hydrogen-bond donors (Lipinski definition) is 3. The molecule has 0 saturated carbocycles. The zero-order valence-electron chi connectivity index (χ0n) is 16.3. The van der Waals surface area contributed by atoms with Gasteiger partial charge in [-0.3, -0.25) is 9.97 Å². The van der Waals surface area contributed by atoms with Crippen LogP contribution in [0.4, 0.5) is 29.1 Å². The molecule has 0 aliphatic heterocycles. The van der Waals surface area contributed by atoms with Crippen molar-refractivity contribution in [1.82, 2.24) is 15.0 Å². The zero-order valence-corrected chi connectivity index (χ0v) is 16.3. The number of pyridine rings is 3. The Morgan fingerprint density at radius 1 is 0.969 bits per heavy atom. The Labute approximate surface area is 179 Å². The Bertz CT molecular complexity index is 1260. The van der Waals surface area contributed by atoms with Gasteiger partial charge in [0, 0.05) is 35.2 Å². The maximum atomic E-state index is 14.5. The highest BCUT2D eigenvalue weighted by Gasteiger charge is 2.30. The summed E-state index contributed by atoms with van der Waals surface area (Å²) in [5.74, 6) is -0.338. The lowest BCUT2D eigenvalue weighted by molar-refractivity contribution is -0.137. The molecule has 10 heteroatoms. The summed E-state index contributed by atoms with van der Waals surface area (Å²) in [5, 5.41) is 22.8. The molecule has 0 fully saturated rings. The Morgan fingerprint density at radius 2 is 1.72 bits per heavy atom. The summed E-state index contributed by atoms with van der Waals surface area (Å²) >= 11 is 0. The molecule has 6 nitrogen and oxygen atoms in total. The van der Waals surface area contributed by atoms with Crippen LogP contribution in [0.2, 0.25) is 0 Å². The van der Waals surface area contributed by atoms with Crippen molar-refractivity contribution in [3.05, 3.63) is 78.0 Å². The van der Waals surface area contributed by atoms with Gasteiger partial charge in [0.2, 0.25) is 0 Å². The number of anilines is 2. The molecule has 32 heavy (non-hydrogen) atoms. The first kappa shape index (κ1) is 21.6. The van der Waals surface area contributed by atoms with Gasteiger partial charge in [-0.2, -0.15) is 13.2 Å². The molecule has 164 valence electrons. The highest BCUT2D eigenvalue weighted by Crippen LogP contribution is 2.32. The molecule has 0 aliphatic rings. The highest BCUT2D eigenvalue weighted by molar-refractivity contribution is 5.94. The van der Waals surface area contributed by atoms with Crippen molar-refractivity contribution in [1.29, 1.82) is 0 Å². The van der Waals surface area contributed by atoms with E-state index < -0.39 is 30.3 Å². The van der Waals surface area contributed by atoms with Gasteiger partial charge < -0.3 is 15.5 Å². The van der Waals surface area contributed by atoms with Gasteiger partial charge in [0.25, 0.3) is 0 Å². The van der Waals surface area contributed by atoms with E-state index in [-0.39, 0.29) is 17.0 Å². The molecule has 1 aromatic carbocycles. The second-order valence-corrected chi connectivity index (χ2v) is 6.95. The fraction of sp³-hybridized carbons (Fsp3) is 0.136. The molecule has 3 aromatic heterocycles. The second kappa shape index (κ2) is 8.48. The Hall–Kier alpha value is -3.63. The lowest BCUT2D eigenvalue weighted by atomic mass is 10.1. The first-order valence-corrected chi connectivity index (χ1v) is 9.40. The second-order valence-electron chi connectivity index (χ2n) is 6.95. The van der Waals surface area contributed by atoms with Gasteiger partial charge in [-0.15, -0.1) is 0 Å². The molecule has 3 N–H and O–H groups in total. The molecular weight excluding hydrogens is 428 g/mol. The van der Waals surface area contributed by atoms with Crippen LogP contribution in [0.1, 0.15) is 17.2 Å². The van der Waals surface area contributed by atoms with E-state index in [4.69, 9.17) is 5.11 Å². The number of alkyl halides is 3. The highest BCUT2D eigenvalue weighted by atomic mass is 19.4. The molecule has 0 unspecified atom stereocenters. The van der Waals surface area contributed by atoms with Crippen LogP contribution >= 0.6 is 0 Å². The Morgan fingerprint density at radius 3 is 2.38 bits per heavy atom. The number of benzene rings is 1. The van der Waals surface area contributed by atoms with Crippen LogP contribution in [0.3, 0.4) is 0 Å². The summed E-state index contributed by atoms with van der Waals surface area (Å²) in [6.07, 6.45) is -1.44. The predicted molar refractivity (Wildman–Crippen MR) is 109 cm³/mol. The summed E-state index contributed by atoms with van der Waals surface area (Å²) < 4.78 is 52.7. The lowest BCUT2D eigenvalue weighted by Gasteiger charge is -2.12. The Kier molecular flexibility index (Phi) is 5.72. The van der Waals surface area contributed by atoms with E-state index in [1.807, 2.05) is 0 Å². The standard InChI is InChI=1S/C22H16F4N4O2/c23-17-7-13(19(32)11-31)9-29-20(17)18-8-12-5-6-27-21(16(12)10-28-18)30-15-3-1-14(2-4-15)22(24,25)26/h1-10,19,31-32H,11H2,(H,27,30)/t19-/m1/s1. The van der Waals surface area contributed by atoms with Crippen LogP contribution < -0.4 is 5.32 Å². The number of aliphatic hydroxyl groups excluding tert-OH is 2. The number of hydrogen-bond acceptors (Lipinski definition) is 6. The van der Waals surface area contributed by atoms with Crippen LogP contribution in [-0.4, -0.2) is 31.8 Å². The first-order valence-electron chi connectivity index (χ1n) is 9.40. The van der Waals surface area contributed by atoms with Gasteiger partial charge in [-0.25, -0.2) is 9.37 Å². The molecule has 0 spiro atoms. The van der Waals surface area contributed by atoms with Crippen molar-refractivity contribution in [2.75, 3.05) is 11.9 Å². The van der Waals surface area contributed by atoms with Crippen molar-refractivity contribution in [3.63, 3.8) is 0 Å². The molecular formula is C22H16F4N4O2. The van der Waals surface area contributed by atoms with Gasteiger partial charge in [-0.1, -0.05) is 0 Å². The van der Waals surface area contributed by atoms with E-state index in [1.54, 1.807) is 12.1 Å². The Balaban J connectivity index is 1.64.